The van der Waals surface area contributed by atoms with E-state index in [1.807, 2.05) is 60.7 Å². The zero-order chi connectivity index (χ0) is 37.3. The van der Waals surface area contributed by atoms with Gasteiger partial charge in [0.25, 0.3) is 0 Å². The topological polar surface area (TPSA) is 38.7 Å². The van der Waals surface area contributed by atoms with Gasteiger partial charge in [0, 0.05) is 16.7 Å². The standard InChI is InChI=1S/C53H35N3/c1-4-14-36(15-5-1)37-24-26-40(27-25-37)49-45-22-12-10-16-38(45)32-34-47(49)48-35-33-39-17-11-13-23-46(39)50(48)41-28-30-44(31-29-41)53-55-51(42-18-6-2-7-19-42)54-52(56-53)43-20-8-3-9-21-43/h1-35H. The summed E-state index contributed by atoms with van der Waals surface area (Å²) < 4.78 is 0. The first kappa shape index (κ1) is 33.1. The van der Waals surface area contributed by atoms with E-state index in [1.54, 1.807) is 0 Å². The molecule has 0 amide bonds. The lowest BCUT2D eigenvalue weighted by molar-refractivity contribution is 1.07. The zero-order valence-corrected chi connectivity index (χ0v) is 30.5. The van der Waals surface area contributed by atoms with Crippen molar-refractivity contribution in [3.63, 3.8) is 0 Å². The summed E-state index contributed by atoms with van der Waals surface area (Å²) in [6.07, 6.45) is 0. The van der Waals surface area contributed by atoms with Crippen LogP contribution in [0, 0.1) is 0 Å². The summed E-state index contributed by atoms with van der Waals surface area (Å²) >= 11 is 0. The van der Waals surface area contributed by atoms with Gasteiger partial charge in [-0.3, -0.25) is 0 Å². The van der Waals surface area contributed by atoms with E-state index < -0.39 is 0 Å². The molecule has 3 nitrogen and oxygen atoms in total. The molecule has 0 aliphatic rings. The van der Waals surface area contributed by atoms with Gasteiger partial charge in [-0.15, -0.1) is 0 Å². The van der Waals surface area contributed by atoms with Gasteiger partial charge in [0.1, 0.15) is 0 Å². The molecule has 1 heterocycles. The molecule has 3 heteroatoms. The Morgan fingerprint density at radius 1 is 0.214 bits per heavy atom. The number of aromatic nitrogens is 3. The lowest BCUT2D eigenvalue weighted by atomic mass is 9.84. The summed E-state index contributed by atoms with van der Waals surface area (Å²) in [7, 11) is 0. The van der Waals surface area contributed by atoms with Crippen molar-refractivity contribution >= 4 is 21.5 Å². The molecule has 9 aromatic carbocycles. The van der Waals surface area contributed by atoms with E-state index in [-0.39, 0.29) is 0 Å². The molecule has 0 saturated carbocycles. The maximum Gasteiger partial charge on any atom is 0.164 e. The summed E-state index contributed by atoms with van der Waals surface area (Å²) in [5.74, 6) is 1.93. The third kappa shape index (κ3) is 6.21. The highest BCUT2D eigenvalue weighted by atomic mass is 15.0. The number of nitrogens with zero attached hydrogens (tertiary/aromatic N) is 3. The molecule has 1 aromatic heterocycles. The minimum Gasteiger partial charge on any atom is -0.208 e. The van der Waals surface area contributed by atoms with Gasteiger partial charge >= 0.3 is 0 Å². The molecule has 0 aliphatic carbocycles. The molecule has 0 unspecified atom stereocenters. The lowest BCUT2D eigenvalue weighted by Crippen LogP contribution is -2.00. The maximum absolute atomic E-state index is 4.99. The van der Waals surface area contributed by atoms with Crippen LogP contribution in [0.1, 0.15) is 0 Å². The highest BCUT2D eigenvalue weighted by molar-refractivity contribution is 6.10. The quantitative estimate of drug-likeness (QED) is 0.165. The number of benzene rings is 9. The van der Waals surface area contributed by atoms with Gasteiger partial charge in [0.15, 0.2) is 17.5 Å². The highest BCUT2D eigenvalue weighted by Gasteiger charge is 2.19. The first-order chi connectivity index (χ1) is 27.8. The average molecular weight is 714 g/mol. The smallest absolute Gasteiger partial charge is 0.164 e. The second-order valence-corrected chi connectivity index (χ2v) is 14.0. The molecule has 0 bridgehead atoms. The zero-order valence-electron chi connectivity index (χ0n) is 30.5. The first-order valence-corrected chi connectivity index (χ1v) is 18.9. The van der Waals surface area contributed by atoms with Crippen molar-refractivity contribution < 1.29 is 0 Å². The Morgan fingerprint density at radius 2 is 0.518 bits per heavy atom. The Balaban J connectivity index is 1.13. The van der Waals surface area contributed by atoms with Crippen LogP contribution < -0.4 is 0 Å². The monoisotopic (exact) mass is 713 g/mol. The molecular weight excluding hydrogens is 679 g/mol. The Morgan fingerprint density at radius 3 is 0.946 bits per heavy atom. The van der Waals surface area contributed by atoms with Crippen molar-refractivity contribution in [2.75, 3.05) is 0 Å². The summed E-state index contributed by atoms with van der Waals surface area (Å²) in [6.45, 7) is 0. The molecule has 0 atom stereocenters. The molecule has 0 aliphatic heterocycles. The average Bonchev–Trinajstić information content (AvgIpc) is 3.29. The van der Waals surface area contributed by atoms with Crippen LogP contribution in [-0.4, -0.2) is 15.0 Å². The SMILES string of the molecule is c1ccc(-c2ccc(-c3c(-c4ccc5ccccc5c4-c4ccc(-c5nc(-c6ccccc6)nc(-c6ccccc6)n5)cc4)ccc4ccccc34)cc2)cc1. The van der Waals surface area contributed by atoms with Gasteiger partial charge in [0.05, 0.1) is 0 Å². The van der Waals surface area contributed by atoms with Crippen LogP contribution in [0.4, 0.5) is 0 Å². The van der Waals surface area contributed by atoms with E-state index >= 15 is 0 Å². The second kappa shape index (κ2) is 14.4. The van der Waals surface area contributed by atoms with Crippen molar-refractivity contribution in [3.05, 3.63) is 212 Å². The van der Waals surface area contributed by atoms with Crippen LogP contribution in [0.3, 0.4) is 0 Å². The van der Waals surface area contributed by atoms with Gasteiger partial charge in [-0.1, -0.05) is 212 Å². The number of rotatable bonds is 7. The maximum atomic E-state index is 4.99. The Bertz CT molecular complexity index is 2920. The highest BCUT2D eigenvalue weighted by Crippen LogP contribution is 2.45. The molecule has 0 saturated heterocycles. The van der Waals surface area contributed by atoms with Gasteiger partial charge in [-0.2, -0.15) is 0 Å². The van der Waals surface area contributed by atoms with Crippen molar-refractivity contribution in [1.29, 1.82) is 0 Å². The number of hydrogen-bond acceptors (Lipinski definition) is 3. The van der Waals surface area contributed by atoms with E-state index in [1.165, 1.54) is 60.5 Å². The fourth-order valence-corrected chi connectivity index (χ4v) is 7.80. The minimum atomic E-state index is 0.637. The molecule has 262 valence electrons. The van der Waals surface area contributed by atoms with Gasteiger partial charge < -0.3 is 0 Å². The van der Waals surface area contributed by atoms with Crippen LogP contribution in [0.5, 0.6) is 0 Å². The van der Waals surface area contributed by atoms with Crippen molar-refractivity contribution in [1.82, 2.24) is 15.0 Å². The Labute approximate surface area is 326 Å². The van der Waals surface area contributed by atoms with Gasteiger partial charge in [0.2, 0.25) is 0 Å². The normalized spacial score (nSPS) is 11.2. The molecule has 56 heavy (non-hydrogen) atoms. The molecule has 0 radical (unpaired) electrons. The van der Waals surface area contributed by atoms with E-state index in [4.69, 9.17) is 15.0 Å². The molecule has 0 spiro atoms. The Kier molecular flexibility index (Phi) is 8.51. The molecule has 10 rings (SSSR count). The van der Waals surface area contributed by atoms with Crippen LogP contribution in [0.2, 0.25) is 0 Å². The van der Waals surface area contributed by atoms with Crippen molar-refractivity contribution in [3.8, 4) is 78.7 Å². The summed E-state index contributed by atoms with van der Waals surface area (Å²) in [5, 5.41) is 4.84. The molecule has 0 N–H and O–H groups in total. The molecular formula is C53H35N3. The lowest BCUT2D eigenvalue weighted by Gasteiger charge is -2.19. The van der Waals surface area contributed by atoms with Crippen molar-refractivity contribution in [2.24, 2.45) is 0 Å². The third-order valence-electron chi connectivity index (χ3n) is 10.6. The van der Waals surface area contributed by atoms with Crippen LogP contribution in [0.25, 0.3) is 100 Å². The fourth-order valence-electron chi connectivity index (χ4n) is 7.80. The first-order valence-electron chi connectivity index (χ1n) is 18.9. The summed E-state index contributed by atoms with van der Waals surface area (Å²) in [4.78, 5) is 14.9. The summed E-state index contributed by atoms with van der Waals surface area (Å²) in [5.41, 5.74) is 12.3. The predicted molar refractivity (Wildman–Crippen MR) is 233 cm³/mol. The van der Waals surface area contributed by atoms with E-state index in [0.29, 0.717) is 17.5 Å². The second-order valence-electron chi connectivity index (χ2n) is 14.0. The number of hydrogen-bond donors (Lipinski definition) is 0. The molecule has 10 aromatic rings. The molecule has 0 fully saturated rings. The van der Waals surface area contributed by atoms with E-state index in [0.717, 1.165) is 22.3 Å². The van der Waals surface area contributed by atoms with Gasteiger partial charge in [-0.25, -0.2) is 15.0 Å². The van der Waals surface area contributed by atoms with Crippen LogP contribution >= 0.6 is 0 Å². The van der Waals surface area contributed by atoms with Gasteiger partial charge in [-0.05, 0) is 66.1 Å². The van der Waals surface area contributed by atoms with Crippen LogP contribution in [0.15, 0.2) is 212 Å². The van der Waals surface area contributed by atoms with Crippen LogP contribution in [-0.2, 0) is 0 Å². The van der Waals surface area contributed by atoms with Crippen molar-refractivity contribution in [2.45, 2.75) is 0 Å². The minimum absolute atomic E-state index is 0.637. The van der Waals surface area contributed by atoms with E-state index in [9.17, 15) is 0 Å². The van der Waals surface area contributed by atoms with E-state index in [2.05, 4.69) is 152 Å². The third-order valence-corrected chi connectivity index (χ3v) is 10.6. The largest absolute Gasteiger partial charge is 0.208 e. The summed E-state index contributed by atoms with van der Waals surface area (Å²) in [6, 6.07) is 75.0. The Hall–Kier alpha value is -7.49. The fraction of sp³-hybridized carbons (Fsp3) is 0. The predicted octanol–water partition coefficient (Wildman–Crippen LogP) is 13.8. The number of fused-ring (bicyclic) bond motifs is 2.